The van der Waals surface area contributed by atoms with E-state index in [0.717, 1.165) is 17.4 Å². The molecule has 0 spiro atoms. The van der Waals surface area contributed by atoms with E-state index in [1.165, 1.54) is 11.5 Å². The molecule has 0 aliphatic rings. The van der Waals surface area contributed by atoms with E-state index in [1.54, 1.807) is 37.3 Å². The van der Waals surface area contributed by atoms with Crippen molar-refractivity contribution in [2.75, 3.05) is 38.0 Å². The molecule has 0 fully saturated rings. The van der Waals surface area contributed by atoms with Gasteiger partial charge < -0.3 is 19.7 Å². The number of rotatable bonds is 7. The molecule has 0 radical (unpaired) electrons. The van der Waals surface area contributed by atoms with Crippen LogP contribution in [0.15, 0.2) is 18.2 Å². The van der Waals surface area contributed by atoms with E-state index >= 15 is 0 Å². The lowest BCUT2D eigenvalue weighted by molar-refractivity contribution is -0.114. The zero-order valence-corrected chi connectivity index (χ0v) is 14.4. The molecule has 0 aliphatic carbocycles. The predicted octanol–water partition coefficient (Wildman–Crippen LogP) is 2.19. The average Bonchev–Trinajstić information content (AvgIpc) is 3.03. The van der Waals surface area contributed by atoms with Crippen LogP contribution >= 0.6 is 11.5 Å². The van der Waals surface area contributed by atoms with Crippen LogP contribution in [0.2, 0.25) is 0 Å². The van der Waals surface area contributed by atoms with Gasteiger partial charge in [-0.3, -0.25) is 4.79 Å². The Labute approximate surface area is 139 Å². The van der Waals surface area contributed by atoms with Gasteiger partial charge in [-0.15, -0.1) is 0 Å². The minimum absolute atomic E-state index is 0.156. The first-order valence-corrected chi connectivity index (χ1v) is 7.89. The summed E-state index contributed by atoms with van der Waals surface area (Å²) in [6.07, 6.45) is 0.778. The fourth-order valence-corrected chi connectivity index (χ4v) is 2.61. The SMILES string of the molecule is CCc1nsc(N(C)CC(=O)Nc2cc(OC)cc(OC)c2)n1. The second-order valence-corrected chi connectivity index (χ2v) is 5.58. The van der Waals surface area contributed by atoms with Crippen LogP contribution in [0.5, 0.6) is 11.5 Å². The van der Waals surface area contributed by atoms with Gasteiger partial charge in [0.25, 0.3) is 0 Å². The predicted molar refractivity (Wildman–Crippen MR) is 90.7 cm³/mol. The van der Waals surface area contributed by atoms with Crippen molar-refractivity contribution in [2.45, 2.75) is 13.3 Å². The highest BCUT2D eigenvalue weighted by molar-refractivity contribution is 7.09. The number of carbonyl (C=O) groups is 1. The Hall–Kier alpha value is -2.35. The zero-order valence-electron chi connectivity index (χ0n) is 13.6. The van der Waals surface area contributed by atoms with Crippen molar-refractivity contribution in [3.63, 3.8) is 0 Å². The molecule has 23 heavy (non-hydrogen) atoms. The Morgan fingerprint density at radius 2 is 1.91 bits per heavy atom. The summed E-state index contributed by atoms with van der Waals surface area (Å²) in [6, 6.07) is 5.22. The molecule has 1 amide bonds. The van der Waals surface area contributed by atoms with Crippen molar-refractivity contribution < 1.29 is 14.3 Å². The fraction of sp³-hybridized carbons (Fsp3) is 0.400. The zero-order chi connectivity index (χ0) is 16.8. The molecule has 7 nitrogen and oxygen atoms in total. The van der Waals surface area contributed by atoms with Gasteiger partial charge in [0.2, 0.25) is 11.0 Å². The Morgan fingerprint density at radius 1 is 1.26 bits per heavy atom. The molecule has 124 valence electrons. The second-order valence-electron chi connectivity index (χ2n) is 4.85. The molecule has 0 atom stereocenters. The Morgan fingerprint density at radius 3 is 2.43 bits per heavy atom. The number of likely N-dealkylation sites (N-methyl/N-ethyl adjacent to an activating group) is 1. The largest absolute Gasteiger partial charge is 0.497 e. The monoisotopic (exact) mass is 336 g/mol. The number of nitrogens with one attached hydrogen (secondary N) is 1. The highest BCUT2D eigenvalue weighted by Gasteiger charge is 2.13. The van der Waals surface area contributed by atoms with E-state index in [2.05, 4.69) is 14.7 Å². The Balaban J connectivity index is 2.01. The number of ether oxygens (including phenoxy) is 2. The molecule has 8 heteroatoms. The van der Waals surface area contributed by atoms with Crippen LogP contribution in [-0.2, 0) is 11.2 Å². The standard InChI is InChI=1S/C15H20N4O3S/c1-5-13-17-15(23-18-13)19(2)9-14(20)16-10-6-11(21-3)8-12(7-10)22-4/h6-8H,5,9H2,1-4H3,(H,16,20). The number of amides is 1. The van der Waals surface area contributed by atoms with E-state index in [1.807, 2.05) is 14.0 Å². The lowest BCUT2D eigenvalue weighted by Crippen LogP contribution is -2.30. The van der Waals surface area contributed by atoms with Gasteiger partial charge in [-0.05, 0) is 0 Å². The molecular formula is C15H20N4O3S. The molecule has 1 heterocycles. The first-order chi connectivity index (χ1) is 11.0. The maximum atomic E-state index is 12.2. The van der Waals surface area contributed by atoms with Crippen LogP contribution in [0, 0.1) is 0 Å². The first kappa shape index (κ1) is 17.0. The number of carbonyl (C=O) groups excluding carboxylic acids is 1. The van der Waals surface area contributed by atoms with E-state index in [4.69, 9.17) is 9.47 Å². The van der Waals surface area contributed by atoms with E-state index in [0.29, 0.717) is 17.2 Å². The third-order valence-electron chi connectivity index (χ3n) is 3.12. The van der Waals surface area contributed by atoms with Crippen LogP contribution in [0.1, 0.15) is 12.7 Å². The Bertz CT molecular complexity index is 652. The third kappa shape index (κ3) is 4.56. The van der Waals surface area contributed by atoms with Crippen LogP contribution in [0.4, 0.5) is 10.8 Å². The van der Waals surface area contributed by atoms with E-state index < -0.39 is 0 Å². The third-order valence-corrected chi connectivity index (χ3v) is 3.98. The smallest absolute Gasteiger partial charge is 0.243 e. The molecule has 0 bridgehead atoms. The number of aryl methyl sites for hydroxylation is 1. The van der Waals surface area contributed by atoms with Crippen LogP contribution in [0.25, 0.3) is 0 Å². The molecule has 0 aliphatic heterocycles. The summed E-state index contributed by atoms with van der Waals surface area (Å²) in [5.74, 6) is 1.86. The Kier molecular flexibility index (Phi) is 5.75. The molecule has 1 aromatic carbocycles. The summed E-state index contributed by atoms with van der Waals surface area (Å²) in [7, 11) is 4.94. The van der Waals surface area contributed by atoms with Crippen LogP contribution in [0.3, 0.4) is 0 Å². The molecule has 2 aromatic rings. The van der Waals surface area contributed by atoms with Crippen molar-refractivity contribution in [3.05, 3.63) is 24.0 Å². The van der Waals surface area contributed by atoms with Gasteiger partial charge in [0, 0.05) is 48.9 Å². The number of methoxy groups -OCH3 is 2. The number of nitrogens with zero attached hydrogens (tertiary/aromatic N) is 3. The number of aromatic nitrogens is 2. The summed E-state index contributed by atoms with van der Waals surface area (Å²) < 4.78 is 14.6. The normalized spacial score (nSPS) is 10.3. The van der Waals surface area contributed by atoms with Crippen molar-refractivity contribution >= 4 is 28.3 Å². The molecule has 1 N–H and O–H groups in total. The maximum Gasteiger partial charge on any atom is 0.243 e. The quantitative estimate of drug-likeness (QED) is 0.835. The second kappa shape index (κ2) is 7.77. The number of hydrogen-bond donors (Lipinski definition) is 1. The lowest BCUT2D eigenvalue weighted by atomic mass is 10.2. The van der Waals surface area contributed by atoms with Gasteiger partial charge in [0.15, 0.2) is 0 Å². The molecule has 2 rings (SSSR count). The van der Waals surface area contributed by atoms with Crippen molar-refractivity contribution in [1.82, 2.24) is 9.36 Å². The van der Waals surface area contributed by atoms with Crippen molar-refractivity contribution in [3.8, 4) is 11.5 Å². The van der Waals surface area contributed by atoms with Crippen LogP contribution < -0.4 is 19.7 Å². The molecule has 0 unspecified atom stereocenters. The minimum Gasteiger partial charge on any atom is -0.497 e. The van der Waals surface area contributed by atoms with Crippen molar-refractivity contribution in [2.24, 2.45) is 0 Å². The van der Waals surface area contributed by atoms with Gasteiger partial charge in [-0.1, -0.05) is 6.92 Å². The highest BCUT2D eigenvalue weighted by atomic mass is 32.1. The lowest BCUT2D eigenvalue weighted by Gasteiger charge is -2.15. The fourth-order valence-electron chi connectivity index (χ4n) is 1.91. The summed E-state index contributed by atoms with van der Waals surface area (Å²) in [5, 5.41) is 3.55. The van der Waals surface area contributed by atoms with Gasteiger partial charge in [-0.2, -0.15) is 4.37 Å². The minimum atomic E-state index is -0.156. The van der Waals surface area contributed by atoms with Gasteiger partial charge in [0.05, 0.1) is 20.8 Å². The molecule has 0 saturated carbocycles. The maximum absolute atomic E-state index is 12.2. The van der Waals surface area contributed by atoms with E-state index in [9.17, 15) is 4.79 Å². The van der Waals surface area contributed by atoms with E-state index in [-0.39, 0.29) is 12.5 Å². The van der Waals surface area contributed by atoms with Gasteiger partial charge >= 0.3 is 0 Å². The summed E-state index contributed by atoms with van der Waals surface area (Å²) in [4.78, 5) is 18.3. The average molecular weight is 336 g/mol. The summed E-state index contributed by atoms with van der Waals surface area (Å²) in [6.45, 7) is 2.17. The number of anilines is 2. The van der Waals surface area contributed by atoms with Crippen molar-refractivity contribution in [1.29, 1.82) is 0 Å². The topological polar surface area (TPSA) is 76.6 Å². The highest BCUT2D eigenvalue weighted by Crippen LogP contribution is 2.25. The van der Waals surface area contributed by atoms with Gasteiger partial charge in [-0.25, -0.2) is 4.98 Å². The molecular weight excluding hydrogens is 316 g/mol. The number of benzene rings is 1. The first-order valence-electron chi connectivity index (χ1n) is 7.12. The molecule has 1 aromatic heterocycles. The molecule has 0 saturated heterocycles. The number of hydrogen-bond acceptors (Lipinski definition) is 7. The summed E-state index contributed by atoms with van der Waals surface area (Å²) >= 11 is 1.29. The van der Waals surface area contributed by atoms with Gasteiger partial charge in [0.1, 0.15) is 17.3 Å². The summed E-state index contributed by atoms with van der Waals surface area (Å²) in [5.41, 5.74) is 0.617. The van der Waals surface area contributed by atoms with Crippen LogP contribution in [-0.4, -0.2) is 43.1 Å².